The van der Waals surface area contributed by atoms with Crippen LogP contribution in [-0.2, 0) is 16.6 Å². The lowest BCUT2D eigenvalue weighted by molar-refractivity contribution is -0.128. The average molecular weight is 289 g/mol. The van der Waals surface area contributed by atoms with Gasteiger partial charge in [0.15, 0.2) is 5.11 Å². The Hall–Kier alpha value is -2.21. The van der Waals surface area contributed by atoms with Gasteiger partial charge in [-0.3, -0.25) is 19.8 Å². The first-order valence-corrected chi connectivity index (χ1v) is 6.48. The molecule has 1 aliphatic heterocycles. The third-order valence-corrected chi connectivity index (χ3v) is 3.52. The van der Waals surface area contributed by atoms with Gasteiger partial charge in [0.25, 0.3) is 11.8 Å². The Morgan fingerprint density at radius 3 is 2.65 bits per heavy atom. The predicted octanol–water partition coefficient (Wildman–Crippen LogP) is 1.15. The Morgan fingerprint density at radius 1 is 1.40 bits per heavy atom. The van der Waals surface area contributed by atoms with Gasteiger partial charge in [-0.1, -0.05) is 6.08 Å². The van der Waals surface area contributed by atoms with Gasteiger partial charge in [-0.2, -0.15) is 0 Å². The summed E-state index contributed by atoms with van der Waals surface area (Å²) in [6.45, 7) is 5.79. The topological polar surface area (TPSA) is 54.3 Å². The summed E-state index contributed by atoms with van der Waals surface area (Å²) >= 11 is 4.99. The summed E-state index contributed by atoms with van der Waals surface area (Å²) < 4.78 is 1.90. The SMILES string of the molecule is C=CCN1C(=O)/C(=C\c2ccc(C)n2C)C(=O)NC1=S. The standard InChI is InChI=1S/C14H15N3O2S/c1-4-7-17-13(19)11(12(18)15-14(17)20)8-10-6-5-9(2)16(10)3/h4-6,8H,1,7H2,2-3H3,(H,15,18,20)/b11-8-. The van der Waals surface area contributed by atoms with Gasteiger partial charge in [-0.15, -0.1) is 6.58 Å². The summed E-state index contributed by atoms with van der Waals surface area (Å²) in [6, 6.07) is 3.78. The van der Waals surface area contributed by atoms with Gasteiger partial charge in [-0.05, 0) is 37.4 Å². The number of carbonyl (C=O) groups is 2. The number of amides is 2. The minimum atomic E-state index is -0.473. The molecule has 20 heavy (non-hydrogen) atoms. The first kappa shape index (κ1) is 14.2. The number of hydrogen-bond donors (Lipinski definition) is 1. The van der Waals surface area contributed by atoms with Crippen molar-refractivity contribution < 1.29 is 9.59 Å². The van der Waals surface area contributed by atoms with Crippen molar-refractivity contribution in [1.82, 2.24) is 14.8 Å². The van der Waals surface area contributed by atoms with Crippen LogP contribution < -0.4 is 5.32 Å². The van der Waals surface area contributed by atoms with Gasteiger partial charge in [-0.25, -0.2) is 0 Å². The van der Waals surface area contributed by atoms with Crippen LogP contribution in [0.5, 0.6) is 0 Å². The summed E-state index contributed by atoms with van der Waals surface area (Å²) in [7, 11) is 1.87. The van der Waals surface area contributed by atoms with E-state index in [0.717, 1.165) is 11.4 Å². The maximum absolute atomic E-state index is 12.3. The van der Waals surface area contributed by atoms with Gasteiger partial charge in [0, 0.05) is 25.0 Å². The Labute approximate surface area is 122 Å². The van der Waals surface area contributed by atoms with Crippen molar-refractivity contribution in [3.8, 4) is 0 Å². The first-order chi connectivity index (χ1) is 9.45. The van der Waals surface area contributed by atoms with Crippen molar-refractivity contribution in [3.05, 3.63) is 41.7 Å². The Bertz CT molecular complexity index is 643. The molecule has 1 fully saturated rings. The number of aryl methyl sites for hydroxylation is 1. The smallest absolute Gasteiger partial charge is 0.266 e. The summed E-state index contributed by atoms with van der Waals surface area (Å²) in [5.74, 6) is -0.878. The van der Waals surface area contributed by atoms with E-state index in [1.54, 1.807) is 12.2 Å². The first-order valence-electron chi connectivity index (χ1n) is 6.07. The molecule has 0 unspecified atom stereocenters. The normalized spacial score (nSPS) is 17.6. The fourth-order valence-corrected chi connectivity index (χ4v) is 2.17. The summed E-state index contributed by atoms with van der Waals surface area (Å²) in [5, 5.41) is 2.62. The maximum Gasteiger partial charge on any atom is 0.266 e. The molecule has 0 aromatic carbocycles. The number of hydrogen-bond acceptors (Lipinski definition) is 3. The van der Waals surface area contributed by atoms with Crippen molar-refractivity contribution >= 4 is 35.2 Å². The van der Waals surface area contributed by atoms with E-state index in [1.165, 1.54) is 4.90 Å². The predicted molar refractivity (Wildman–Crippen MR) is 80.8 cm³/mol. The number of thiocarbonyl (C=S) groups is 1. The molecule has 0 spiro atoms. The van der Waals surface area contributed by atoms with Crippen LogP contribution in [-0.4, -0.2) is 32.9 Å². The highest BCUT2D eigenvalue weighted by atomic mass is 32.1. The molecular weight excluding hydrogens is 274 g/mol. The average Bonchev–Trinajstić information content (AvgIpc) is 2.71. The van der Waals surface area contributed by atoms with Crippen LogP contribution in [0.2, 0.25) is 0 Å². The molecule has 0 bridgehead atoms. The van der Waals surface area contributed by atoms with Crippen molar-refractivity contribution in [2.75, 3.05) is 6.54 Å². The van der Waals surface area contributed by atoms with E-state index >= 15 is 0 Å². The number of rotatable bonds is 3. The monoisotopic (exact) mass is 289 g/mol. The van der Waals surface area contributed by atoms with Crippen LogP contribution in [0.3, 0.4) is 0 Å². The van der Waals surface area contributed by atoms with Crippen molar-refractivity contribution in [2.45, 2.75) is 6.92 Å². The van der Waals surface area contributed by atoms with Gasteiger partial charge >= 0.3 is 0 Å². The van der Waals surface area contributed by atoms with E-state index in [0.29, 0.717) is 0 Å². The number of carbonyl (C=O) groups excluding carboxylic acids is 2. The fourth-order valence-electron chi connectivity index (χ4n) is 1.91. The minimum Gasteiger partial charge on any atom is -0.348 e. The van der Waals surface area contributed by atoms with E-state index in [1.807, 2.05) is 30.7 Å². The molecule has 1 aliphatic rings. The molecule has 6 heteroatoms. The lowest BCUT2D eigenvalue weighted by Gasteiger charge is -2.27. The van der Waals surface area contributed by atoms with E-state index < -0.39 is 11.8 Å². The largest absolute Gasteiger partial charge is 0.348 e. The third kappa shape index (κ3) is 2.42. The summed E-state index contributed by atoms with van der Waals surface area (Å²) in [6.07, 6.45) is 3.13. The number of nitrogens with zero attached hydrogens (tertiary/aromatic N) is 2. The molecule has 1 N–H and O–H groups in total. The fraction of sp³-hybridized carbons (Fsp3) is 0.214. The molecule has 1 saturated heterocycles. The molecule has 104 valence electrons. The lowest BCUT2D eigenvalue weighted by atomic mass is 10.1. The van der Waals surface area contributed by atoms with Gasteiger partial charge in [0.1, 0.15) is 5.57 Å². The minimum absolute atomic E-state index is 0.0710. The van der Waals surface area contributed by atoms with Crippen molar-refractivity contribution in [3.63, 3.8) is 0 Å². The van der Waals surface area contributed by atoms with Crippen LogP contribution in [0.1, 0.15) is 11.4 Å². The molecule has 2 rings (SSSR count). The second-order valence-electron chi connectivity index (χ2n) is 4.48. The van der Waals surface area contributed by atoms with Crippen molar-refractivity contribution in [1.29, 1.82) is 0 Å². The zero-order valence-corrected chi connectivity index (χ0v) is 12.2. The highest BCUT2D eigenvalue weighted by molar-refractivity contribution is 7.80. The second kappa shape index (κ2) is 5.42. The van der Waals surface area contributed by atoms with Crippen LogP contribution in [0.4, 0.5) is 0 Å². The Morgan fingerprint density at radius 2 is 2.10 bits per heavy atom. The molecule has 1 aromatic rings. The molecular formula is C14H15N3O2S. The Kier molecular flexibility index (Phi) is 3.85. The van der Waals surface area contributed by atoms with Crippen LogP contribution in [0.25, 0.3) is 6.08 Å². The second-order valence-corrected chi connectivity index (χ2v) is 4.87. The van der Waals surface area contributed by atoms with E-state index in [2.05, 4.69) is 11.9 Å². The van der Waals surface area contributed by atoms with E-state index in [9.17, 15) is 9.59 Å². The van der Waals surface area contributed by atoms with Crippen LogP contribution in [0.15, 0.2) is 30.4 Å². The third-order valence-electron chi connectivity index (χ3n) is 3.20. The van der Waals surface area contributed by atoms with E-state index in [4.69, 9.17) is 12.2 Å². The molecule has 0 aliphatic carbocycles. The highest BCUT2D eigenvalue weighted by Gasteiger charge is 2.32. The molecule has 0 saturated carbocycles. The maximum atomic E-state index is 12.3. The lowest BCUT2D eigenvalue weighted by Crippen LogP contribution is -2.53. The van der Waals surface area contributed by atoms with E-state index in [-0.39, 0.29) is 17.2 Å². The molecule has 5 nitrogen and oxygen atoms in total. The van der Waals surface area contributed by atoms with Gasteiger partial charge in [0.2, 0.25) is 0 Å². The summed E-state index contributed by atoms with van der Waals surface area (Å²) in [5.41, 5.74) is 1.90. The zero-order chi connectivity index (χ0) is 14.9. The summed E-state index contributed by atoms with van der Waals surface area (Å²) in [4.78, 5) is 25.6. The molecule has 0 atom stereocenters. The molecule has 2 heterocycles. The zero-order valence-electron chi connectivity index (χ0n) is 11.3. The van der Waals surface area contributed by atoms with Crippen LogP contribution in [0, 0.1) is 6.92 Å². The Balaban J connectivity index is 2.41. The van der Waals surface area contributed by atoms with Gasteiger partial charge < -0.3 is 4.57 Å². The van der Waals surface area contributed by atoms with Gasteiger partial charge in [0.05, 0.1) is 0 Å². The molecule has 1 aromatic heterocycles. The number of nitrogens with one attached hydrogen (secondary N) is 1. The molecule has 0 radical (unpaired) electrons. The van der Waals surface area contributed by atoms with Crippen LogP contribution >= 0.6 is 12.2 Å². The van der Waals surface area contributed by atoms with Crippen molar-refractivity contribution in [2.24, 2.45) is 7.05 Å². The quantitative estimate of drug-likeness (QED) is 0.393. The molecule has 2 amide bonds. The highest BCUT2D eigenvalue weighted by Crippen LogP contribution is 2.16. The number of aromatic nitrogens is 1.